The highest BCUT2D eigenvalue weighted by Gasteiger charge is 2.40. The molecule has 5 nitrogen and oxygen atoms in total. The summed E-state index contributed by atoms with van der Waals surface area (Å²) in [6.45, 7) is 5.69. The number of aliphatic hydroxyl groups is 1. The molecule has 0 aromatic heterocycles. The average molecular weight is 270 g/mol. The molecule has 4 atom stereocenters. The molecule has 4 unspecified atom stereocenters. The van der Waals surface area contributed by atoms with Crippen molar-refractivity contribution in [2.45, 2.75) is 46.1 Å². The number of aliphatic hydroxyl groups excluding tert-OH is 1. The summed E-state index contributed by atoms with van der Waals surface area (Å²) in [4.78, 5) is 22.5. The van der Waals surface area contributed by atoms with Crippen LogP contribution in [0.25, 0.3) is 0 Å². The van der Waals surface area contributed by atoms with Crippen LogP contribution >= 0.6 is 0 Å². The molecule has 108 valence electrons. The Kier molecular flexibility index (Phi) is 5.11. The summed E-state index contributed by atoms with van der Waals surface area (Å²) in [5.74, 6) is -3.23. The average Bonchev–Trinajstić information content (AvgIpc) is 2.33. The highest BCUT2D eigenvalue weighted by atomic mass is 16.4. The van der Waals surface area contributed by atoms with E-state index in [-0.39, 0.29) is 17.8 Å². The first-order chi connectivity index (χ1) is 8.84. The number of hydrogen-bond donors (Lipinski definition) is 3. The molecular weight excluding hydrogens is 248 g/mol. The van der Waals surface area contributed by atoms with E-state index < -0.39 is 23.6 Å². The maximum absolute atomic E-state index is 11.2. The molecule has 0 aromatic rings. The number of hydrogen-bond acceptors (Lipinski definition) is 3. The maximum atomic E-state index is 11.2. The Morgan fingerprint density at radius 3 is 2.05 bits per heavy atom. The summed E-state index contributed by atoms with van der Waals surface area (Å²) >= 11 is 0. The van der Waals surface area contributed by atoms with Crippen LogP contribution in [0.1, 0.15) is 40.0 Å². The quantitative estimate of drug-likeness (QED) is 0.412. The minimum Gasteiger partial charge on any atom is -0.477 e. The van der Waals surface area contributed by atoms with Gasteiger partial charge >= 0.3 is 11.9 Å². The first-order valence-corrected chi connectivity index (χ1v) is 6.73. The van der Waals surface area contributed by atoms with E-state index in [0.717, 1.165) is 0 Å². The summed E-state index contributed by atoms with van der Waals surface area (Å²) in [7, 11) is 0. The van der Waals surface area contributed by atoms with Crippen molar-refractivity contribution in [3.63, 3.8) is 0 Å². The Balaban J connectivity index is 3.41. The van der Waals surface area contributed by atoms with E-state index in [9.17, 15) is 14.7 Å². The van der Waals surface area contributed by atoms with Gasteiger partial charge in [-0.3, -0.25) is 0 Å². The normalized spacial score (nSPS) is 31.1. The zero-order valence-electron chi connectivity index (χ0n) is 11.6. The predicted molar refractivity (Wildman–Crippen MR) is 69.6 cm³/mol. The van der Waals surface area contributed by atoms with Crippen LogP contribution in [0.4, 0.5) is 0 Å². The molecule has 0 amide bonds. The van der Waals surface area contributed by atoms with Crippen molar-refractivity contribution >= 4 is 11.9 Å². The van der Waals surface area contributed by atoms with Gasteiger partial charge in [-0.05, 0) is 36.7 Å². The van der Waals surface area contributed by atoms with Crippen molar-refractivity contribution in [3.8, 4) is 0 Å². The first-order valence-electron chi connectivity index (χ1n) is 6.73. The second kappa shape index (κ2) is 6.19. The van der Waals surface area contributed by atoms with Crippen molar-refractivity contribution in [2.75, 3.05) is 0 Å². The zero-order valence-corrected chi connectivity index (χ0v) is 11.6. The monoisotopic (exact) mass is 270 g/mol. The molecule has 0 aromatic carbocycles. The third-order valence-corrected chi connectivity index (χ3v) is 4.14. The third kappa shape index (κ3) is 2.97. The molecule has 0 bridgehead atoms. The van der Waals surface area contributed by atoms with Gasteiger partial charge in [-0.2, -0.15) is 0 Å². The van der Waals surface area contributed by atoms with E-state index in [0.29, 0.717) is 24.8 Å². The number of aliphatic carboxylic acids is 2. The van der Waals surface area contributed by atoms with Crippen molar-refractivity contribution in [1.29, 1.82) is 0 Å². The SMILES string of the molecule is CCC1CC(C)C(O)C(CC)C1=C(C(=O)O)C(=O)O. The number of carbonyl (C=O) groups is 2. The first kappa shape index (κ1) is 15.7. The Bertz CT molecular complexity index is 383. The Morgan fingerprint density at radius 2 is 1.68 bits per heavy atom. The fraction of sp³-hybridized carbons (Fsp3) is 0.714. The molecule has 1 saturated carbocycles. The highest BCUT2D eigenvalue weighted by molar-refractivity contribution is 6.13. The molecule has 3 N–H and O–H groups in total. The van der Waals surface area contributed by atoms with E-state index >= 15 is 0 Å². The van der Waals surface area contributed by atoms with Crippen LogP contribution in [-0.4, -0.2) is 33.4 Å². The van der Waals surface area contributed by atoms with Gasteiger partial charge in [0.2, 0.25) is 0 Å². The van der Waals surface area contributed by atoms with Gasteiger partial charge in [-0.25, -0.2) is 9.59 Å². The molecule has 0 spiro atoms. The minimum absolute atomic E-state index is 0.0579. The zero-order chi connectivity index (χ0) is 14.7. The lowest BCUT2D eigenvalue weighted by atomic mass is 9.67. The second-order valence-corrected chi connectivity index (χ2v) is 5.26. The van der Waals surface area contributed by atoms with Crippen molar-refractivity contribution < 1.29 is 24.9 Å². The number of carboxylic acid groups (broad SMARTS) is 2. The number of carboxylic acids is 2. The van der Waals surface area contributed by atoms with Crippen molar-refractivity contribution in [2.24, 2.45) is 17.8 Å². The van der Waals surface area contributed by atoms with Gasteiger partial charge in [0.05, 0.1) is 6.10 Å². The highest BCUT2D eigenvalue weighted by Crippen LogP contribution is 2.42. The molecule has 19 heavy (non-hydrogen) atoms. The van der Waals surface area contributed by atoms with Crippen LogP contribution in [0.15, 0.2) is 11.1 Å². The van der Waals surface area contributed by atoms with E-state index in [1.54, 1.807) is 0 Å². The molecule has 1 fully saturated rings. The molecular formula is C14H22O5. The van der Waals surface area contributed by atoms with Gasteiger partial charge in [0.25, 0.3) is 0 Å². The predicted octanol–water partition coefficient (Wildman–Crippen LogP) is 1.91. The maximum Gasteiger partial charge on any atom is 0.343 e. The minimum atomic E-state index is -1.42. The standard InChI is InChI=1S/C14H22O5/c1-4-8-6-7(3)12(15)9(5-2)10(8)11(13(16)17)14(18)19/h7-9,12,15H,4-6H2,1-3H3,(H,16,17)(H,18,19). The van der Waals surface area contributed by atoms with Crippen LogP contribution in [0.2, 0.25) is 0 Å². The molecule has 0 aliphatic heterocycles. The molecule has 0 saturated heterocycles. The van der Waals surface area contributed by atoms with Gasteiger partial charge in [-0.15, -0.1) is 0 Å². The van der Waals surface area contributed by atoms with E-state index in [4.69, 9.17) is 10.2 Å². The molecule has 1 rings (SSSR count). The van der Waals surface area contributed by atoms with E-state index in [1.165, 1.54) is 0 Å². The lowest BCUT2D eigenvalue weighted by Gasteiger charge is -2.40. The van der Waals surface area contributed by atoms with Gasteiger partial charge < -0.3 is 15.3 Å². The number of rotatable bonds is 4. The summed E-state index contributed by atoms with van der Waals surface area (Å²) < 4.78 is 0. The van der Waals surface area contributed by atoms with Crippen LogP contribution in [0.3, 0.4) is 0 Å². The fourth-order valence-electron chi connectivity index (χ4n) is 3.17. The van der Waals surface area contributed by atoms with Gasteiger partial charge in [0.1, 0.15) is 5.57 Å². The van der Waals surface area contributed by atoms with Crippen LogP contribution in [-0.2, 0) is 9.59 Å². The largest absolute Gasteiger partial charge is 0.477 e. The Hall–Kier alpha value is -1.36. The summed E-state index contributed by atoms with van der Waals surface area (Å²) in [6, 6.07) is 0. The molecule has 0 radical (unpaired) electrons. The van der Waals surface area contributed by atoms with Crippen LogP contribution < -0.4 is 0 Å². The summed E-state index contributed by atoms with van der Waals surface area (Å²) in [6.07, 6.45) is 1.19. The summed E-state index contributed by atoms with van der Waals surface area (Å²) in [5, 5.41) is 28.5. The Labute approximate surface area is 112 Å². The van der Waals surface area contributed by atoms with Crippen LogP contribution in [0.5, 0.6) is 0 Å². The van der Waals surface area contributed by atoms with E-state index in [1.807, 2.05) is 20.8 Å². The smallest absolute Gasteiger partial charge is 0.343 e. The summed E-state index contributed by atoms with van der Waals surface area (Å²) in [5.41, 5.74) is -0.139. The fourth-order valence-corrected chi connectivity index (χ4v) is 3.17. The van der Waals surface area contributed by atoms with Gasteiger partial charge in [-0.1, -0.05) is 20.8 Å². The molecule has 1 aliphatic rings. The lowest BCUT2D eigenvalue weighted by Crippen LogP contribution is -2.39. The second-order valence-electron chi connectivity index (χ2n) is 5.26. The Morgan fingerprint density at radius 1 is 1.16 bits per heavy atom. The van der Waals surface area contributed by atoms with Crippen LogP contribution in [0, 0.1) is 17.8 Å². The topological polar surface area (TPSA) is 94.8 Å². The van der Waals surface area contributed by atoms with Crippen molar-refractivity contribution in [1.82, 2.24) is 0 Å². The van der Waals surface area contributed by atoms with Crippen molar-refractivity contribution in [3.05, 3.63) is 11.1 Å². The van der Waals surface area contributed by atoms with E-state index in [2.05, 4.69) is 0 Å². The molecule has 0 heterocycles. The molecule has 1 aliphatic carbocycles. The van der Waals surface area contributed by atoms with Gasteiger partial charge in [0, 0.05) is 5.92 Å². The van der Waals surface area contributed by atoms with Gasteiger partial charge in [0.15, 0.2) is 0 Å². The molecule has 5 heteroatoms. The third-order valence-electron chi connectivity index (χ3n) is 4.14. The lowest BCUT2D eigenvalue weighted by molar-refractivity contribution is -0.140.